The highest BCUT2D eigenvalue weighted by atomic mass is 19.1. The molecule has 2 aromatic carbocycles. The van der Waals surface area contributed by atoms with Crippen molar-refractivity contribution in [2.24, 2.45) is 0 Å². The minimum atomic E-state index is -0.324. The Morgan fingerprint density at radius 3 is 2.67 bits per heavy atom. The van der Waals surface area contributed by atoms with E-state index in [0.717, 1.165) is 34.9 Å². The molecule has 0 atom stereocenters. The first-order valence-corrected chi connectivity index (χ1v) is 8.89. The molecule has 1 aliphatic carbocycles. The Hall–Kier alpha value is -3.39. The van der Waals surface area contributed by atoms with Gasteiger partial charge in [-0.15, -0.1) is 0 Å². The Labute approximate surface area is 156 Å². The van der Waals surface area contributed by atoms with E-state index in [1.807, 2.05) is 41.1 Å². The molecule has 1 aliphatic rings. The van der Waals surface area contributed by atoms with Crippen molar-refractivity contribution in [2.75, 3.05) is 0 Å². The number of aromatic nitrogens is 1. The van der Waals surface area contributed by atoms with Crippen LogP contribution in [0.2, 0.25) is 0 Å². The molecule has 1 aromatic heterocycles. The number of halogens is 1. The van der Waals surface area contributed by atoms with Gasteiger partial charge in [-0.2, -0.15) is 5.26 Å². The van der Waals surface area contributed by atoms with Crippen molar-refractivity contribution < 1.29 is 9.18 Å². The number of para-hydroxylation sites is 1. The fourth-order valence-electron chi connectivity index (χ4n) is 3.10. The average Bonchev–Trinajstić information content (AvgIpc) is 3.43. The monoisotopic (exact) mass is 359 g/mol. The third-order valence-electron chi connectivity index (χ3n) is 4.66. The van der Waals surface area contributed by atoms with Gasteiger partial charge in [0.05, 0.1) is 0 Å². The van der Waals surface area contributed by atoms with Crippen molar-refractivity contribution in [2.45, 2.75) is 25.4 Å². The van der Waals surface area contributed by atoms with Gasteiger partial charge in [0.1, 0.15) is 17.5 Å². The van der Waals surface area contributed by atoms with Crippen molar-refractivity contribution >= 4 is 22.9 Å². The standard InChI is InChI=1S/C22H18FN3O/c23-18-7-5-15(6-8-18)13-26-14-17(20-3-1-2-4-21(20)26)11-16(12-24)22(27)25-19-9-10-19/h1-8,11,14,19H,9-10,13H2,(H,25,27). The van der Waals surface area contributed by atoms with E-state index >= 15 is 0 Å². The van der Waals surface area contributed by atoms with Gasteiger partial charge in [0.15, 0.2) is 0 Å². The molecular formula is C22H18FN3O. The first-order chi connectivity index (χ1) is 13.1. The molecule has 0 bridgehead atoms. The van der Waals surface area contributed by atoms with E-state index in [1.54, 1.807) is 18.2 Å². The quantitative estimate of drug-likeness (QED) is 0.553. The van der Waals surface area contributed by atoms with Gasteiger partial charge in [-0.05, 0) is 42.7 Å². The van der Waals surface area contributed by atoms with Crippen LogP contribution in [0.25, 0.3) is 17.0 Å². The topological polar surface area (TPSA) is 57.8 Å². The van der Waals surface area contributed by atoms with Crippen LogP contribution in [0.1, 0.15) is 24.0 Å². The van der Waals surface area contributed by atoms with Crippen molar-refractivity contribution in [1.82, 2.24) is 9.88 Å². The molecule has 134 valence electrons. The van der Waals surface area contributed by atoms with E-state index in [9.17, 15) is 14.4 Å². The van der Waals surface area contributed by atoms with Crippen molar-refractivity contribution in [3.05, 3.63) is 77.2 Å². The lowest BCUT2D eigenvalue weighted by atomic mass is 10.1. The molecule has 1 fully saturated rings. The van der Waals surface area contributed by atoms with Crippen LogP contribution >= 0.6 is 0 Å². The summed E-state index contributed by atoms with van der Waals surface area (Å²) in [5.41, 5.74) is 2.88. The highest BCUT2D eigenvalue weighted by Gasteiger charge is 2.24. The summed E-state index contributed by atoms with van der Waals surface area (Å²) in [7, 11) is 0. The van der Waals surface area contributed by atoms with Gasteiger partial charge in [0.2, 0.25) is 0 Å². The first-order valence-electron chi connectivity index (χ1n) is 8.89. The number of hydrogen-bond acceptors (Lipinski definition) is 2. The minimum Gasteiger partial charge on any atom is -0.349 e. The van der Waals surface area contributed by atoms with Crippen LogP contribution in [0, 0.1) is 17.1 Å². The molecule has 0 saturated heterocycles. The van der Waals surface area contributed by atoms with Gasteiger partial charge in [-0.1, -0.05) is 30.3 Å². The summed E-state index contributed by atoms with van der Waals surface area (Å²) in [4.78, 5) is 12.3. The van der Waals surface area contributed by atoms with Crippen LogP contribution in [0.5, 0.6) is 0 Å². The Morgan fingerprint density at radius 1 is 1.22 bits per heavy atom. The number of benzene rings is 2. The number of carbonyl (C=O) groups is 1. The molecule has 0 spiro atoms. The normalized spacial score (nSPS) is 14.1. The fraction of sp³-hybridized carbons (Fsp3) is 0.182. The van der Waals surface area contributed by atoms with Crippen molar-refractivity contribution in [3.63, 3.8) is 0 Å². The molecule has 4 nitrogen and oxygen atoms in total. The summed E-state index contributed by atoms with van der Waals surface area (Å²) in [5.74, 6) is -0.588. The van der Waals surface area contributed by atoms with Crippen LogP contribution in [0.3, 0.4) is 0 Å². The highest BCUT2D eigenvalue weighted by molar-refractivity contribution is 6.04. The lowest BCUT2D eigenvalue weighted by Gasteiger charge is -2.05. The summed E-state index contributed by atoms with van der Waals surface area (Å²) in [6, 6.07) is 16.4. The molecule has 3 aromatic rings. The second kappa shape index (κ2) is 7.08. The van der Waals surface area contributed by atoms with Gasteiger partial charge in [0.25, 0.3) is 5.91 Å². The number of hydrogen-bond donors (Lipinski definition) is 1. The number of nitriles is 1. The first kappa shape index (κ1) is 17.0. The van der Waals surface area contributed by atoms with E-state index in [4.69, 9.17) is 0 Å². The van der Waals surface area contributed by atoms with Gasteiger partial charge < -0.3 is 9.88 Å². The highest BCUT2D eigenvalue weighted by Crippen LogP contribution is 2.25. The maximum atomic E-state index is 13.2. The molecule has 1 saturated carbocycles. The molecule has 1 heterocycles. The number of nitrogens with zero attached hydrogens (tertiary/aromatic N) is 2. The van der Waals surface area contributed by atoms with Crippen LogP contribution in [0.15, 0.2) is 60.3 Å². The summed E-state index contributed by atoms with van der Waals surface area (Å²) in [6.07, 6.45) is 5.51. The third kappa shape index (κ3) is 3.75. The number of rotatable bonds is 5. The average molecular weight is 359 g/mol. The van der Waals surface area contributed by atoms with Gasteiger partial charge >= 0.3 is 0 Å². The Balaban J connectivity index is 1.70. The van der Waals surface area contributed by atoms with Crippen LogP contribution < -0.4 is 5.32 Å². The second-order valence-corrected chi connectivity index (χ2v) is 6.77. The minimum absolute atomic E-state index is 0.103. The largest absolute Gasteiger partial charge is 0.349 e. The fourth-order valence-corrected chi connectivity index (χ4v) is 3.10. The molecule has 1 amide bonds. The number of amides is 1. The molecular weight excluding hydrogens is 341 g/mol. The molecule has 27 heavy (non-hydrogen) atoms. The molecule has 0 radical (unpaired) electrons. The maximum absolute atomic E-state index is 13.2. The summed E-state index contributed by atoms with van der Waals surface area (Å²) < 4.78 is 15.2. The summed E-state index contributed by atoms with van der Waals surface area (Å²) in [5, 5.41) is 13.2. The van der Waals surface area contributed by atoms with Crippen LogP contribution in [-0.4, -0.2) is 16.5 Å². The summed E-state index contributed by atoms with van der Waals surface area (Å²) in [6.45, 7) is 0.574. The molecule has 0 aliphatic heterocycles. The van der Waals surface area contributed by atoms with Crippen molar-refractivity contribution in [3.8, 4) is 6.07 Å². The number of carbonyl (C=O) groups excluding carboxylic acids is 1. The van der Waals surface area contributed by atoms with Crippen LogP contribution in [0.4, 0.5) is 4.39 Å². The van der Waals surface area contributed by atoms with Crippen LogP contribution in [-0.2, 0) is 11.3 Å². The van der Waals surface area contributed by atoms with Gasteiger partial charge in [0, 0.05) is 35.2 Å². The zero-order valence-corrected chi connectivity index (χ0v) is 14.7. The van der Waals surface area contributed by atoms with E-state index in [2.05, 4.69) is 5.32 Å². The zero-order chi connectivity index (χ0) is 18.8. The lowest BCUT2D eigenvalue weighted by Crippen LogP contribution is -2.26. The van der Waals surface area contributed by atoms with Gasteiger partial charge in [-0.3, -0.25) is 4.79 Å². The predicted octanol–water partition coefficient (Wildman–Crippen LogP) is 4.01. The smallest absolute Gasteiger partial charge is 0.262 e. The number of nitrogens with one attached hydrogen (secondary N) is 1. The van der Waals surface area contributed by atoms with E-state index in [1.165, 1.54) is 12.1 Å². The zero-order valence-electron chi connectivity index (χ0n) is 14.7. The molecule has 1 N–H and O–H groups in total. The lowest BCUT2D eigenvalue weighted by molar-refractivity contribution is -0.117. The molecule has 4 rings (SSSR count). The van der Waals surface area contributed by atoms with Crippen molar-refractivity contribution in [1.29, 1.82) is 5.26 Å². The van der Waals surface area contributed by atoms with E-state index in [0.29, 0.717) is 6.54 Å². The van der Waals surface area contributed by atoms with E-state index < -0.39 is 0 Å². The second-order valence-electron chi connectivity index (χ2n) is 6.77. The Bertz CT molecular complexity index is 1070. The maximum Gasteiger partial charge on any atom is 0.262 e. The Kier molecular flexibility index (Phi) is 4.47. The SMILES string of the molecule is N#CC(=Cc1cn(Cc2ccc(F)cc2)c2ccccc12)C(=O)NC1CC1. The molecule has 0 unspecified atom stereocenters. The molecule has 5 heteroatoms. The number of fused-ring (bicyclic) bond motifs is 1. The summed E-state index contributed by atoms with van der Waals surface area (Å²) >= 11 is 0. The predicted molar refractivity (Wildman–Crippen MR) is 102 cm³/mol. The Morgan fingerprint density at radius 2 is 1.96 bits per heavy atom. The van der Waals surface area contributed by atoms with E-state index in [-0.39, 0.29) is 23.3 Å². The van der Waals surface area contributed by atoms with Gasteiger partial charge in [-0.25, -0.2) is 4.39 Å². The third-order valence-corrected chi connectivity index (χ3v) is 4.66.